The summed E-state index contributed by atoms with van der Waals surface area (Å²) in [6.45, 7) is 2.44. The smallest absolute Gasteiger partial charge is 0.128 e. The van der Waals surface area contributed by atoms with Crippen molar-refractivity contribution in [3.8, 4) is 11.8 Å². The van der Waals surface area contributed by atoms with E-state index in [1.165, 1.54) is 18.9 Å². The van der Waals surface area contributed by atoms with Gasteiger partial charge in [-0.25, -0.2) is 4.39 Å². The topological polar surface area (TPSA) is 38.5 Å². The highest BCUT2D eigenvalue weighted by atomic mass is 19.1. The number of hydrogen-bond acceptors (Lipinski definition) is 3. The van der Waals surface area contributed by atoms with Gasteiger partial charge in [0, 0.05) is 37.4 Å². The van der Waals surface area contributed by atoms with Crippen LogP contribution in [-0.2, 0) is 11.3 Å². The summed E-state index contributed by atoms with van der Waals surface area (Å²) >= 11 is 0. The number of hydrogen-bond donors (Lipinski definition) is 1. The van der Waals surface area contributed by atoms with Gasteiger partial charge in [0.15, 0.2) is 0 Å². The normalized spacial score (nSPS) is 14.2. The zero-order chi connectivity index (χ0) is 14.4. The molecule has 0 aromatic heterocycles. The van der Waals surface area contributed by atoms with Crippen LogP contribution in [0, 0.1) is 17.7 Å². The molecule has 1 aliphatic carbocycles. The summed E-state index contributed by atoms with van der Waals surface area (Å²) in [5, 5.41) is 0. The zero-order valence-electron chi connectivity index (χ0n) is 11.9. The average Bonchev–Trinajstić information content (AvgIpc) is 3.27. The summed E-state index contributed by atoms with van der Waals surface area (Å²) in [7, 11) is 1.69. The molecule has 0 aliphatic heterocycles. The van der Waals surface area contributed by atoms with Crippen LogP contribution in [0.1, 0.15) is 24.0 Å². The van der Waals surface area contributed by atoms with Crippen molar-refractivity contribution < 1.29 is 9.13 Å². The van der Waals surface area contributed by atoms with Crippen molar-refractivity contribution in [1.29, 1.82) is 0 Å². The maximum atomic E-state index is 14.1. The van der Waals surface area contributed by atoms with Gasteiger partial charge in [-0.2, -0.15) is 0 Å². The van der Waals surface area contributed by atoms with E-state index in [0.717, 1.165) is 6.54 Å². The lowest BCUT2D eigenvalue weighted by atomic mass is 10.1. The van der Waals surface area contributed by atoms with Crippen molar-refractivity contribution in [3.05, 3.63) is 35.1 Å². The van der Waals surface area contributed by atoms with Gasteiger partial charge in [-0.15, -0.1) is 0 Å². The van der Waals surface area contributed by atoms with E-state index in [2.05, 4.69) is 16.7 Å². The molecule has 2 N–H and O–H groups in total. The van der Waals surface area contributed by atoms with E-state index in [-0.39, 0.29) is 12.4 Å². The van der Waals surface area contributed by atoms with Gasteiger partial charge < -0.3 is 10.5 Å². The minimum atomic E-state index is -0.197. The van der Waals surface area contributed by atoms with Crippen LogP contribution in [0.2, 0.25) is 0 Å². The van der Waals surface area contributed by atoms with Crippen LogP contribution >= 0.6 is 0 Å². The fraction of sp³-hybridized carbons (Fsp3) is 0.500. The number of rotatable bonds is 6. The van der Waals surface area contributed by atoms with Gasteiger partial charge in [0.1, 0.15) is 5.82 Å². The van der Waals surface area contributed by atoms with Crippen LogP contribution in [0.15, 0.2) is 18.2 Å². The van der Waals surface area contributed by atoms with E-state index in [1.54, 1.807) is 7.11 Å². The van der Waals surface area contributed by atoms with Crippen LogP contribution < -0.4 is 5.73 Å². The maximum Gasteiger partial charge on any atom is 0.128 e. The first kappa shape index (κ1) is 15.0. The third-order valence-corrected chi connectivity index (χ3v) is 3.41. The van der Waals surface area contributed by atoms with Gasteiger partial charge in [-0.05, 0) is 25.0 Å². The molecule has 2 rings (SSSR count). The highest BCUT2D eigenvalue weighted by Gasteiger charge is 2.29. The third-order valence-electron chi connectivity index (χ3n) is 3.41. The van der Waals surface area contributed by atoms with E-state index < -0.39 is 0 Å². The van der Waals surface area contributed by atoms with Crippen LogP contribution in [-0.4, -0.2) is 37.7 Å². The second-order valence-electron chi connectivity index (χ2n) is 5.01. The summed E-state index contributed by atoms with van der Waals surface area (Å²) < 4.78 is 19.2. The largest absolute Gasteiger partial charge is 0.383 e. The fourth-order valence-electron chi connectivity index (χ4n) is 2.16. The minimum Gasteiger partial charge on any atom is -0.383 e. The zero-order valence-corrected chi connectivity index (χ0v) is 11.9. The second kappa shape index (κ2) is 7.39. The van der Waals surface area contributed by atoms with Gasteiger partial charge in [-0.3, -0.25) is 4.90 Å². The molecular weight excluding hydrogens is 255 g/mol. The Morgan fingerprint density at radius 1 is 1.45 bits per heavy atom. The molecule has 4 heteroatoms. The Bertz CT molecular complexity index is 503. The predicted octanol–water partition coefficient (Wildman–Crippen LogP) is 1.75. The molecule has 0 unspecified atom stereocenters. The van der Waals surface area contributed by atoms with Crippen LogP contribution in [0.4, 0.5) is 4.39 Å². The minimum absolute atomic E-state index is 0.197. The van der Waals surface area contributed by atoms with Crippen molar-refractivity contribution in [2.75, 3.05) is 26.8 Å². The molecule has 0 radical (unpaired) electrons. The Morgan fingerprint density at radius 3 is 2.85 bits per heavy atom. The monoisotopic (exact) mass is 276 g/mol. The summed E-state index contributed by atoms with van der Waals surface area (Å²) in [5.41, 5.74) is 6.70. The summed E-state index contributed by atoms with van der Waals surface area (Å²) in [4.78, 5) is 2.28. The highest BCUT2D eigenvalue weighted by molar-refractivity contribution is 5.37. The number of ether oxygens (including phenoxy) is 1. The average molecular weight is 276 g/mol. The van der Waals surface area contributed by atoms with Crippen molar-refractivity contribution in [2.45, 2.75) is 25.4 Å². The quantitative estimate of drug-likeness (QED) is 0.804. The fourth-order valence-corrected chi connectivity index (χ4v) is 2.16. The molecule has 1 aromatic carbocycles. The molecule has 0 saturated heterocycles. The lowest BCUT2D eigenvalue weighted by Gasteiger charge is -2.21. The lowest BCUT2D eigenvalue weighted by Crippen LogP contribution is -2.29. The van der Waals surface area contributed by atoms with E-state index in [4.69, 9.17) is 10.5 Å². The molecule has 0 atom stereocenters. The molecule has 1 saturated carbocycles. The van der Waals surface area contributed by atoms with Crippen molar-refractivity contribution >= 4 is 0 Å². The van der Waals surface area contributed by atoms with Crippen molar-refractivity contribution in [1.82, 2.24) is 4.90 Å². The SMILES string of the molecule is COCCN(Cc1ccc(C#CCN)cc1F)C1CC1. The van der Waals surface area contributed by atoms with Crippen LogP contribution in [0.3, 0.4) is 0 Å². The van der Waals surface area contributed by atoms with Gasteiger partial charge >= 0.3 is 0 Å². The standard InChI is InChI=1S/C16H21FN2O/c1-20-10-9-19(15-6-7-15)12-14-5-4-13(3-2-8-18)11-16(14)17/h4-5,11,15H,6-10,12,18H2,1H3. The molecule has 108 valence electrons. The highest BCUT2D eigenvalue weighted by Crippen LogP contribution is 2.28. The number of benzene rings is 1. The van der Waals surface area contributed by atoms with Crippen molar-refractivity contribution in [3.63, 3.8) is 0 Å². The molecule has 0 spiro atoms. The first-order valence-electron chi connectivity index (χ1n) is 6.95. The van der Waals surface area contributed by atoms with E-state index >= 15 is 0 Å². The second-order valence-corrected chi connectivity index (χ2v) is 5.01. The van der Waals surface area contributed by atoms with Gasteiger partial charge in [0.05, 0.1) is 13.2 Å². The summed E-state index contributed by atoms with van der Waals surface area (Å²) in [6, 6.07) is 5.74. The van der Waals surface area contributed by atoms with Gasteiger partial charge in [-0.1, -0.05) is 17.9 Å². The maximum absolute atomic E-state index is 14.1. The Hall–Kier alpha value is -1.41. The van der Waals surface area contributed by atoms with Gasteiger partial charge in [0.2, 0.25) is 0 Å². The molecule has 3 nitrogen and oxygen atoms in total. The third kappa shape index (κ3) is 4.31. The van der Waals surface area contributed by atoms with Gasteiger partial charge in [0.25, 0.3) is 0 Å². The summed E-state index contributed by atoms with van der Waals surface area (Å²) in [5.74, 6) is 5.38. The van der Waals surface area contributed by atoms with Crippen LogP contribution in [0.5, 0.6) is 0 Å². The molecule has 0 bridgehead atoms. The number of nitrogens with zero attached hydrogens (tertiary/aromatic N) is 1. The van der Waals surface area contributed by atoms with E-state index in [0.29, 0.717) is 30.3 Å². The molecule has 1 fully saturated rings. The Labute approximate surface area is 119 Å². The first-order valence-corrected chi connectivity index (χ1v) is 6.95. The van der Waals surface area contributed by atoms with E-state index in [1.807, 2.05) is 12.1 Å². The Morgan fingerprint density at radius 2 is 2.25 bits per heavy atom. The molecule has 0 heterocycles. The Kier molecular flexibility index (Phi) is 5.54. The molecule has 0 amide bonds. The summed E-state index contributed by atoms with van der Waals surface area (Å²) in [6.07, 6.45) is 2.40. The van der Waals surface area contributed by atoms with Crippen LogP contribution in [0.25, 0.3) is 0 Å². The molecule has 1 aliphatic rings. The molecule has 1 aromatic rings. The first-order chi connectivity index (χ1) is 9.74. The Balaban J connectivity index is 2.03. The van der Waals surface area contributed by atoms with Crippen molar-refractivity contribution in [2.24, 2.45) is 5.73 Å². The predicted molar refractivity (Wildman–Crippen MR) is 77.6 cm³/mol. The number of methoxy groups -OCH3 is 1. The molecule has 20 heavy (non-hydrogen) atoms. The number of nitrogens with two attached hydrogens (primary N) is 1. The number of halogens is 1. The lowest BCUT2D eigenvalue weighted by molar-refractivity contribution is 0.139. The van der Waals surface area contributed by atoms with E-state index in [9.17, 15) is 4.39 Å². The molecular formula is C16H21FN2O.